The number of hydrogen-bond donors (Lipinski definition) is 1. The van der Waals surface area contributed by atoms with E-state index in [1.54, 1.807) is 23.2 Å². The second-order valence-corrected chi connectivity index (χ2v) is 8.89. The van der Waals surface area contributed by atoms with Crippen molar-refractivity contribution in [2.24, 2.45) is 0 Å². The highest BCUT2D eigenvalue weighted by molar-refractivity contribution is 7.91. The predicted octanol–water partition coefficient (Wildman–Crippen LogP) is 1.09. The Labute approximate surface area is 150 Å². The van der Waals surface area contributed by atoms with Crippen LogP contribution in [0.4, 0.5) is 5.82 Å². The van der Waals surface area contributed by atoms with Crippen LogP contribution in [-0.2, 0) is 9.84 Å². The van der Waals surface area contributed by atoms with Crippen molar-refractivity contribution in [1.82, 2.24) is 14.8 Å². The number of carbonyl (C=O) groups is 1. The fraction of sp³-hybridized carbons (Fsp3) is 0.647. The number of rotatable bonds is 8. The molecular formula is C17H28N4O3S. The largest absolute Gasteiger partial charge is 0.370 e. The lowest BCUT2D eigenvalue weighted by molar-refractivity contribution is 0.0708. The minimum Gasteiger partial charge on any atom is -0.370 e. The Morgan fingerprint density at radius 1 is 1.40 bits per heavy atom. The molecule has 25 heavy (non-hydrogen) atoms. The number of pyridine rings is 1. The van der Waals surface area contributed by atoms with Gasteiger partial charge in [0.2, 0.25) is 0 Å². The molecule has 0 saturated carbocycles. The maximum Gasteiger partial charge on any atom is 0.254 e. The molecule has 1 aliphatic heterocycles. The van der Waals surface area contributed by atoms with Gasteiger partial charge in [-0.25, -0.2) is 13.4 Å². The van der Waals surface area contributed by atoms with Crippen LogP contribution < -0.4 is 5.32 Å². The van der Waals surface area contributed by atoms with Crippen LogP contribution in [0.25, 0.3) is 0 Å². The number of anilines is 1. The van der Waals surface area contributed by atoms with Crippen LogP contribution in [0.3, 0.4) is 0 Å². The van der Waals surface area contributed by atoms with Gasteiger partial charge in [-0.3, -0.25) is 4.79 Å². The zero-order chi connectivity index (χ0) is 18.4. The highest BCUT2D eigenvalue weighted by Gasteiger charge is 2.34. The van der Waals surface area contributed by atoms with Gasteiger partial charge in [0.25, 0.3) is 5.91 Å². The van der Waals surface area contributed by atoms with E-state index in [0.717, 1.165) is 19.5 Å². The summed E-state index contributed by atoms with van der Waals surface area (Å²) in [6.45, 7) is 4.13. The number of nitrogens with one attached hydrogen (secondary N) is 1. The quantitative estimate of drug-likeness (QED) is 0.692. The molecule has 0 bridgehead atoms. The van der Waals surface area contributed by atoms with Crippen LogP contribution in [0.1, 0.15) is 30.1 Å². The van der Waals surface area contributed by atoms with E-state index in [1.807, 2.05) is 21.0 Å². The molecule has 7 nitrogen and oxygen atoms in total. The zero-order valence-electron chi connectivity index (χ0n) is 15.2. The summed E-state index contributed by atoms with van der Waals surface area (Å²) in [5.74, 6) is 0.757. The van der Waals surface area contributed by atoms with E-state index in [4.69, 9.17) is 0 Å². The lowest BCUT2D eigenvalue weighted by Crippen LogP contribution is -2.41. The Morgan fingerprint density at radius 3 is 2.76 bits per heavy atom. The summed E-state index contributed by atoms with van der Waals surface area (Å²) in [4.78, 5) is 20.8. The zero-order valence-corrected chi connectivity index (χ0v) is 16.1. The monoisotopic (exact) mass is 368 g/mol. The van der Waals surface area contributed by atoms with E-state index < -0.39 is 9.84 Å². The van der Waals surface area contributed by atoms with Crippen molar-refractivity contribution in [3.63, 3.8) is 0 Å². The molecular weight excluding hydrogens is 340 g/mol. The first-order chi connectivity index (χ1) is 11.8. The van der Waals surface area contributed by atoms with E-state index in [2.05, 4.69) is 15.2 Å². The first-order valence-corrected chi connectivity index (χ1v) is 10.5. The van der Waals surface area contributed by atoms with E-state index in [-0.39, 0.29) is 23.5 Å². The van der Waals surface area contributed by atoms with Crippen molar-refractivity contribution in [2.75, 3.05) is 50.6 Å². The molecule has 1 atom stereocenters. The summed E-state index contributed by atoms with van der Waals surface area (Å²) in [7, 11) is 1.04. The van der Waals surface area contributed by atoms with Crippen molar-refractivity contribution >= 4 is 21.6 Å². The van der Waals surface area contributed by atoms with Gasteiger partial charge in [0.15, 0.2) is 9.84 Å². The van der Waals surface area contributed by atoms with Gasteiger partial charge in [0, 0.05) is 30.9 Å². The van der Waals surface area contributed by atoms with Crippen molar-refractivity contribution in [2.45, 2.75) is 25.8 Å². The summed E-state index contributed by atoms with van der Waals surface area (Å²) < 4.78 is 23.4. The van der Waals surface area contributed by atoms with Crippen LogP contribution in [0.15, 0.2) is 18.3 Å². The van der Waals surface area contributed by atoms with Crippen LogP contribution in [0, 0.1) is 0 Å². The van der Waals surface area contributed by atoms with Gasteiger partial charge in [-0.2, -0.15) is 0 Å². The number of nitrogens with zero attached hydrogens (tertiary/aromatic N) is 3. The smallest absolute Gasteiger partial charge is 0.254 e. The van der Waals surface area contributed by atoms with E-state index in [1.165, 1.54) is 0 Å². The molecule has 1 saturated heterocycles. The summed E-state index contributed by atoms with van der Waals surface area (Å²) >= 11 is 0. The molecule has 8 heteroatoms. The predicted molar refractivity (Wildman–Crippen MR) is 99.7 cm³/mol. The molecule has 0 spiro atoms. The SMILES string of the molecule is CCN(C(=O)c1ccnc(NCCCN(C)C)c1)C1CCS(=O)(=O)C1. The molecule has 1 unspecified atom stereocenters. The molecule has 1 aromatic heterocycles. The van der Waals surface area contributed by atoms with Gasteiger partial charge in [0.1, 0.15) is 5.82 Å². The van der Waals surface area contributed by atoms with Gasteiger partial charge in [0.05, 0.1) is 11.5 Å². The van der Waals surface area contributed by atoms with Crippen LogP contribution in [0.2, 0.25) is 0 Å². The van der Waals surface area contributed by atoms with Crippen molar-refractivity contribution in [1.29, 1.82) is 0 Å². The molecule has 1 aromatic rings. The van der Waals surface area contributed by atoms with E-state index >= 15 is 0 Å². The highest BCUT2D eigenvalue weighted by atomic mass is 32.2. The Bertz CT molecular complexity index is 691. The summed E-state index contributed by atoms with van der Waals surface area (Å²) in [6.07, 6.45) is 3.11. The van der Waals surface area contributed by atoms with E-state index in [0.29, 0.717) is 24.3 Å². The third-order valence-electron chi connectivity index (χ3n) is 4.35. The molecule has 1 N–H and O–H groups in total. The molecule has 140 valence electrons. The van der Waals surface area contributed by atoms with Crippen molar-refractivity contribution < 1.29 is 13.2 Å². The first kappa shape index (κ1) is 19.7. The Balaban J connectivity index is 2.01. The van der Waals surface area contributed by atoms with Crippen LogP contribution in [-0.4, -0.2) is 80.4 Å². The Morgan fingerprint density at radius 2 is 2.16 bits per heavy atom. The third kappa shape index (κ3) is 5.67. The van der Waals surface area contributed by atoms with E-state index in [9.17, 15) is 13.2 Å². The Hall–Kier alpha value is -1.67. The fourth-order valence-corrected chi connectivity index (χ4v) is 4.76. The molecule has 2 rings (SSSR count). The van der Waals surface area contributed by atoms with Gasteiger partial charge in [-0.05, 0) is 52.5 Å². The molecule has 1 fully saturated rings. The number of carbonyl (C=O) groups excluding carboxylic acids is 1. The number of sulfone groups is 1. The molecule has 1 amide bonds. The standard InChI is InChI=1S/C17H28N4O3S/c1-4-21(15-7-11-25(23,24)13-15)17(22)14-6-9-19-16(12-14)18-8-5-10-20(2)3/h6,9,12,15H,4-5,7-8,10-11,13H2,1-3H3,(H,18,19). The molecule has 2 heterocycles. The summed E-state index contributed by atoms with van der Waals surface area (Å²) in [6, 6.07) is 3.19. The van der Waals surface area contributed by atoms with Crippen molar-refractivity contribution in [3.8, 4) is 0 Å². The lowest BCUT2D eigenvalue weighted by Gasteiger charge is -2.27. The van der Waals surface area contributed by atoms with Gasteiger partial charge >= 0.3 is 0 Å². The highest BCUT2D eigenvalue weighted by Crippen LogP contribution is 2.20. The van der Waals surface area contributed by atoms with Gasteiger partial charge in [-0.15, -0.1) is 0 Å². The average Bonchev–Trinajstić information content (AvgIpc) is 2.92. The number of hydrogen-bond acceptors (Lipinski definition) is 6. The summed E-state index contributed by atoms with van der Waals surface area (Å²) in [5, 5.41) is 3.23. The first-order valence-electron chi connectivity index (χ1n) is 8.68. The molecule has 1 aliphatic rings. The Kier molecular flexibility index (Phi) is 6.78. The minimum atomic E-state index is -3.02. The summed E-state index contributed by atoms with van der Waals surface area (Å²) in [5.41, 5.74) is 0.538. The lowest BCUT2D eigenvalue weighted by atomic mass is 10.1. The van der Waals surface area contributed by atoms with Crippen molar-refractivity contribution in [3.05, 3.63) is 23.9 Å². The molecule has 0 radical (unpaired) electrons. The average molecular weight is 369 g/mol. The second-order valence-electron chi connectivity index (χ2n) is 6.66. The molecule has 0 aliphatic carbocycles. The minimum absolute atomic E-state index is 0.0628. The second kappa shape index (κ2) is 8.62. The topological polar surface area (TPSA) is 82.6 Å². The maximum absolute atomic E-state index is 12.8. The normalized spacial score (nSPS) is 19.1. The van der Waals surface area contributed by atoms with Crippen LogP contribution in [0.5, 0.6) is 0 Å². The van der Waals surface area contributed by atoms with Gasteiger partial charge < -0.3 is 15.1 Å². The maximum atomic E-state index is 12.8. The van der Waals surface area contributed by atoms with Gasteiger partial charge in [-0.1, -0.05) is 0 Å². The number of amides is 1. The van der Waals surface area contributed by atoms with Crippen LogP contribution >= 0.6 is 0 Å². The molecule has 0 aromatic carbocycles. The third-order valence-corrected chi connectivity index (χ3v) is 6.10. The fourth-order valence-electron chi connectivity index (χ4n) is 3.03. The number of aromatic nitrogens is 1.